The molecular formula is C18H18N2O2. The smallest absolute Gasteiger partial charge is 0.261 e. The quantitative estimate of drug-likeness (QED) is 0.879. The standard InChI is InChI=1S/C18H18N2O2/c1-12-6-2-3-7-13(12)10-14(19)11-20-17(21)15-8-4-5-9-16(15)18(20)22/h2-9,14H,10-11,19H2,1H3/t14-/m0/s1. The third-order valence-electron chi connectivity index (χ3n) is 4.04. The number of carbonyl (C=O) groups excluding carboxylic acids is 2. The van der Waals surface area contributed by atoms with E-state index in [0.717, 1.165) is 5.56 Å². The van der Waals surface area contributed by atoms with Crippen LogP contribution < -0.4 is 5.73 Å². The number of carbonyl (C=O) groups is 2. The molecule has 22 heavy (non-hydrogen) atoms. The van der Waals surface area contributed by atoms with Crippen molar-refractivity contribution in [1.29, 1.82) is 0 Å². The SMILES string of the molecule is Cc1ccccc1C[C@H](N)CN1C(=O)c2ccccc2C1=O. The highest BCUT2D eigenvalue weighted by atomic mass is 16.2. The fourth-order valence-corrected chi connectivity index (χ4v) is 2.83. The van der Waals surface area contributed by atoms with Crippen molar-refractivity contribution in [2.75, 3.05) is 6.54 Å². The third-order valence-corrected chi connectivity index (χ3v) is 4.04. The minimum Gasteiger partial charge on any atom is -0.326 e. The van der Waals surface area contributed by atoms with Crippen LogP contribution in [0, 0.1) is 6.92 Å². The van der Waals surface area contributed by atoms with E-state index in [0.29, 0.717) is 17.5 Å². The topological polar surface area (TPSA) is 63.4 Å². The van der Waals surface area contributed by atoms with E-state index in [1.54, 1.807) is 24.3 Å². The van der Waals surface area contributed by atoms with E-state index in [9.17, 15) is 9.59 Å². The van der Waals surface area contributed by atoms with Crippen molar-refractivity contribution in [3.05, 3.63) is 70.8 Å². The number of hydrogen-bond acceptors (Lipinski definition) is 3. The zero-order chi connectivity index (χ0) is 15.7. The van der Waals surface area contributed by atoms with Gasteiger partial charge >= 0.3 is 0 Å². The Balaban J connectivity index is 1.73. The van der Waals surface area contributed by atoms with Gasteiger partial charge in [-0.25, -0.2) is 0 Å². The molecule has 1 heterocycles. The van der Waals surface area contributed by atoms with Gasteiger partial charge in [0, 0.05) is 12.6 Å². The molecule has 0 bridgehead atoms. The van der Waals surface area contributed by atoms with Gasteiger partial charge in [-0.1, -0.05) is 36.4 Å². The number of fused-ring (bicyclic) bond motifs is 1. The van der Waals surface area contributed by atoms with Gasteiger partial charge in [0.2, 0.25) is 0 Å². The van der Waals surface area contributed by atoms with E-state index < -0.39 is 0 Å². The van der Waals surface area contributed by atoms with Gasteiger partial charge in [-0.05, 0) is 36.6 Å². The fraction of sp³-hybridized carbons (Fsp3) is 0.222. The summed E-state index contributed by atoms with van der Waals surface area (Å²) in [5, 5.41) is 0. The zero-order valence-electron chi connectivity index (χ0n) is 12.5. The maximum absolute atomic E-state index is 12.3. The van der Waals surface area contributed by atoms with Crippen LogP contribution in [0.25, 0.3) is 0 Å². The fourth-order valence-electron chi connectivity index (χ4n) is 2.83. The van der Waals surface area contributed by atoms with Crippen LogP contribution in [0.4, 0.5) is 0 Å². The lowest BCUT2D eigenvalue weighted by Gasteiger charge is -2.20. The summed E-state index contributed by atoms with van der Waals surface area (Å²) in [4.78, 5) is 25.9. The molecule has 0 fully saturated rings. The van der Waals surface area contributed by atoms with Crippen LogP contribution in [0.15, 0.2) is 48.5 Å². The van der Waals surface area contributed by atoms with Gasteiger partial charge < -0.3 is 5.73 Å². The van der Waals surface area contributed by atoms with Crippen LogP contribution in [-0.2, 0) is 6.42 Å². The van der Waals surface area contributed by atoms with Gasteiger partial charge in [0.1, 0.15) is 0 Å². The third kappa shape index (κ3) is 2.53. The normalized spacial score (nSPS) is 15.1. The lowest BCUT2D eigenvalue weighted by atomic mass is 10.0. The Bertz CT molecular complexity index is 704. The maximum atomic E-state index is 12.3. The van der Waals surface area contributed by atoms with Gasteiger partial charge in [0.05, 0.1) is 11.1 Å². The Morgan fingerprint density at radius 2 is 1.50 bits per heavy atom. The summed E-state index contributed by atoms with van der Waals surface area (Å²) in [6, 6.07) is 14.6. The molecule has 2 N–H and O–H groups in total. The maximum Gasteiger partial charge on any atom is 0.261 e. The molecule has 112 valence electrons. The van der Waals surface area contributed by atoms with Crippen molar-refractivity contribution >= 4 is 11.8 Å². The molecule has 2 aromatic rings. The monoisotopic (exact) mass is 294 g/mol. The van der Waals surface area contributed by atoms with Crippen LogP contribution in [0.3, 0.4) is 0 Å². The number of hydrogen-bond donors (Lipinski definition) is 1. The Kier molecular flexibility index (Phi) is 3.77. The second-order valence-electron chi connectivity index (χ2n) is 5.66. The molecule has 2 aromatic carbocycles. The summed E-state index contributed by atoms with van der Waals surface area (Å²) in [5.74, 6) is -0.498. The van der Waals surface area contributed by atoms with Gasteiger partial charge in [0.25, 0.3) is 11.8 Å². The average molecular weight is 294 g/mol. The second kappa shape index (κ2) is 5.73. The van der Waals surface area contributed by atoms with Crippen LogP contribution in [0.2, 0.25) is 0 Å². The predicted molar refractivity (Wildman–Crippen MR) is 84.7 cm³/mol. The number of nitrogens with two attached hydrogens (primary N) is 1. The minimum absolute atomic E-state index is 0.237. The van der Waals surface area contributed by atoms with E-state index in [4.69, 9.17) is 5.73 Å². The molecule has 0 unspecified atom stereocenters. The minimum atomic E-state index is -0.275. The van der Waals surface area contributed by atoms with E-state index >= 15 is 0 Å². The highest BCUT2D eigenvalue weighted by molar-refractivity contribution is 6.21. The molecule has 0 aromatic heterocycles. The summed E-state index contributed by atoms with van der Waals surface area (Å²) in [5.41, 5.74) is 9.42. The Hall–Kier alpha value is -2.46. The first-order chi connectivity index (χ1) is 10.6. The molecule has 0 saturated carbocycles. The van der Waals surface area contributed by atoms with Gasteiger partial charge in [-0.3, -0.25) is 14.5 Å². The molecule has 1 aliphatic rings. The molecule has 0 saturated heterocycles. The number of imide groups is 1. The first-order valence-corrected chi connectivity index (χ1v) is 7.33. The lowest BCUT2D eigenvalue weighted by Crippen LogP contribution is -2.42. The molecular weight excluding hydrogens is 276 g/mol. The number of amides is 2. The second-order valence-corrected chi connectivity index (χ2v) is 5.66. The Morgan fingerprint density at radius 3 is 2.09 bits per heavy atom. The highest BCUT2D eigenvalue weighted by Gasteiger charge is 2.35. The van der Waals surface area contributed by atoms with Crippen LogP contribution in [-0.4, -0.2) is 29.3 Å². The molecule has 1 aliphatic heterocycles. The number of nitrogens with zero attached hydrogens (tertiary/aromatic N) is 1. The first kappa shape index (κ1) is 14.5. The Morgan fingerprint density at radius 1 is 0.955 bits per heavy atom. The van der Waals surface area contributed by atoms with E-state index in [1.165, 1.54) is 10.5 Å². The largest absolute Gasteiger partial charge is 0.326 e. The molecule has 4 nitrogen and oxygen atoms in total. The summed E-state index contributed by atoms with van der Waals surface area (Å²) >= 11 is 0. The first-order valence-electron chi connectivity index (χ1n) is 7.33. The predicted octanol–water partition coefficient (Wildman–Crippen LogP) is 2.16. The van der Waals surface area contributed by atoms with Gasteiger partial charge in [-0.2, -0.15) is 0 Å². The highest BCUT2D eigenvalue weighted by Crippen LogP contribution is 2.22. The van der Waals surface area contributed by atoms with Crippen molar-refractivity contribution in [1.82, 2.24) is 4.90 Å². The molecule has 4 heteroatoms. The van der Waals surface area contributed by atoms with E-state index in [2.05, 4.69) is 0 Å². The van der Waals surface area contributed by atoms with Crippen molar-refractivity contribution in [2.24, 2.45) is 5.73 Å². The summed E-state index contributed by atoms with van der Waals surface area (Å²) < 4.78 is 0. The van der Waals surface area contributed by atoms with Gasteiger partial charge in [-0.15, -0.1) is 0 Å². The molecule has 0 spiro atoms. The Labute approximate surface area is 129 Å². The molecule has 3 rings (SSSR count). The molecule has 0 radical (unpaired) electrons. The number of benzene rings is 2. The van der Waals surface area contributed by atoms with Gasteiger partial charge in [0.15, 0.2) is 0 Å². The van der Waals surface area contributed by atoms with E-state index in [1.807, 2.05) is 31.2 Å². The van der Waals surface area contributed by atoms with Crippen LogP contribution in [0.5, 0.6) is 0 Å². The van der Waals surface area contributed by atoms with Crippen LogP contribution in [0.1, 0.15) is 31.8 Å². The number of rotatable bonds is 4. The van der Waals surface area contributed by atoms with Crippen molar-refractivity contribution < 1.29 is 9.59 Å². The molecule has 1 atom stereocenters. The summed E-state index contributed by atoms with van der Waals surface area (Å²) in [6.45, 7) is 2.27. The van der Waals surface area contributed by atoms with Crippen LogP contribution >= 0.6 is 0 Å². The van der Waals surface area contributed by atoms with E-state index in [-0.39, 0.29) is 24.4 Å². The van der Waals surface area contributed by atoms with Crippen molar-refractivity contribution in [3.63, 3.8) is 0 Å². The summed E-state index contributed by atoms with van der Waals surface area (Å²) in [6.07, 6.45) is 0.639. The van der Waals surface area contributed by atoms with Crippen molar-refractivity contribution in [3.8, 4) is 0 Å². The average Bonchev–Trinajstić information content (AvgIpc) is 2.75. The molecule has 2 amide bonds. The molecule has 0 aliphatic carbocycles. The van der Waals surface area contributed by atoms with Crippen molar-refractivity contribution in [2.45, 2.75) is 19.4 Å². The lowest BCUT2D eigenvalue weighted by molar-refractivity contribution is 0.0644. The zero-order valence-corrected chi connectivity index (χ0v) is 12.5. The number of aryl methyl sites for hydroxylation is 1. The summed E-state index contributed by atoms with van der Waals surface area (Å²) in [7, 11) is 0.